The molecular weight excluding hydrogens is 638 g/mol. The first kappa shape index (κ1) is 28.9. The highest BCUT2D eigenvalue weighted by Crippen LogP contribution is 2.50. The summed E-state index contributed by atoms with van der Waals surface area (Å²) in [6.07, 6.45) is 0. The molecule has 0 unspecified atom stereocenters. The number of fused-ring (bicyclic) bond motifs is 12. The molecule has 3 heterocycles. The molecule has 3 aromatic heterocycles. The Morgan fingerprint density at radius 2 is 0.673 bits per heavy atom. The van der Waals surface area contributed by atoms with E-state index in [0.29, 0.717) is 0 Å². The Bertz CT molecular complexity index is 3110. The predicted octanol–water partition coefficient (Wildman–Crippen LogP) is 12.8. The van der Waals surface area contributed by atoms with Crippen LogP contribution in [-0.2, 0) is 0 Å². The van der Waals surface area contributed by atoms with Crippen LogP contribution in [-0.4, -0.2) is 13.7 Å². The van der Waals surface area contributed by atoms with Crippen LogP contribution in [0.2, 0.25) is 0 Å². The number of hydrogen-bond donors (Lipinski definition) is 0. The molecule has 3 nitrogen and oxygen atoms in total. The normalized spacial score (nSPS) is 11.9. The molecule has 0 saturated heterocycles. The Morgan fingerprint density at radius 3 is 1.13 bits per heavy atom. The van der Waals surface area contributed by atoms with Crippen LogP contribution in [0.1, 0.15) is 0 Å². The molecular formula is C48H30FN3. The molecule has 0 bridgehead atoms. The maximum absolute atomic E-state index is 14.1. The van der Waals surface area contributed by atoms with Crippen LogP contribution in [0.5, 0.6) is 0 Å². The van der Waals surface area contributed by atoms with Gasteiger partial charge in [-0.05, 0) is 83.9 Å². The zero-order chi connectivity index (χ0) is 34.3. The predicted molar refractivity (Wildman–Crippen MR) is 215 cm³/mol. The van der Waals surface area contributed by atoms with Crippen LogP contribution < -0.4 is 0 Å². The van der Waals surface area contributed by atoms with Gasteiger partial charge in [0.1, 0.15) is 5.82 Å². The van der Waals surface area contributed by atoms with Gasteiger partial charge in [0.2, 0.25) is 0 Å². The molecule has 0 aliphatic carbocycles. The SMILES string of the molecule is Fc1ccc(-c2ccc3c(c2)c2c4c(c5ccccc5n4-c4ccccc4)c4c(c5ccccc5n4-c4ccccc4)c2n3-c2ccccc2)cc1. The summed E-state index contributed by atoms with van der Waals surface area (Å²) in [5.41, 5.74) is 12.3. The van der Waals surface area contributed by atoms with Crippen LogP contribution in [0.4, 0.5) is 4.39 Å². The lowest BCUT2D eigenvalue weighted by molar-refractivity contribution is 0.628. The second-order valence-corrected chi connectivity index (χ2v) is 13.5. The van der Waals surface area contributed by atoms with E-state index in [1.807, 2.05) is 12.1 Å². The van der Waals surface area contributed by atoms with Crippen LogP contribution >= 0.6 is 0 Å². The maximum atomic E-state index is 14.1. The van der Waals surface area contributed by atoms with Gasteiger partial charge in [0.15, 0.2) is 0 Å². The minimum atomic E-state index is -0.239. The van der Waals surface area contributed by atoms with Crippen LogP contribution in [0.15, 0.2) is 182 Å². The number of rotatable bonds is 4. The minimum absolute atomic E-state index is 0.239. The summed E-state index contributed by atoms with van der Waals surface area (Å²) in [5.74, 6) is -0.239. The van der Waals surface area contributed by atoms with E-state index in [-0.39, 0.29) is 5.82 Å². The molecule has 0 aliphatic rings. The van der Waals surface area contributed by atoms with Crippen molar-refractivity contribution in [1.82, 2.24) is 13.7 Å². The number of halogens is 1. The first-order chi connectivity index (χ1) is 25.8. The van der Waals surface area contributed by atoms with Crippen molar-refractivity contribution in [2.45, 2.75) is 0 Å². The average molecular weight is 668 g/mol. The summed E-state index contributed by atoms with van der Waals surface area (Å²) >= 11 is 0. The van der Waals surface area contributed by atoms with Gasteiger partial charge in [-0.2, -0.15) is 0 Å². The van der Waals surface area contributed by atoms with Crippen molar-refractivity contribution in [3.63, 3.8) is 0 Å². The molecule has 0 aliphatic heterocycles. The van der Waals surface area contributed by atoms with Gasteiger partial charge in [-0.25, -0.2) is 4.39 Å². The zero-order valence-electron chi connectivity index (χ0n) is 28.0. The smallest absolute Gasteiger partial charge is 0.123 e. The van der Waals surface area contributed by atoms with Gasteiger partial charge in [0, 0.05) is 49.4 Å². The van der Waals surface area contributed by atoms with Gasteiger partial charge < -0.3 is 13.7 Å². The van der Waals surface area contributed by atoms with Crippen molar-refractivity contribution < 1.29 is 4.39 Å². The fourth-order valence-electron chi connectivity index (χ4n) is 8.56. The van der Waals surface area contributed by atoms with E-state index < -0.39 is 0 Å². The van der Waals surface area contributed by atoms with Gasteiger partial charge in [-0.1, -0.05) is 109 Å². The Kier molecular flexibility index (Phi) is 6.13. The number of para-hydroxylation sites is 5. The summed E-state index contributed by atoms with van der Waals surface area (Å²) in [4.78, 5) is 0. The molecule has 52 heavy (non-hydrogen) atoms. The lowest BCUT2D eigenvalue weighted by Crippen LogP contribution is -1.97. The van der Waals surface area contributed by atoms with Crippen LogP contribution in [0.25, 0.3) is 93.6 Å². The number of hydrogen-bond acceptors (Lipinski definition) is 0. The standard InChI is InChI=1S/C48H30FN3/c49-33-27-24-31(25-28-33)32-26-29-42-39(30-32)45-47-43(38-21-11-13-23-41(38)51(47)35-16-6-2-7-17-35)46-44(48(45)52(42)36-18-8-3-9-19-36)37-20-10-12-22-40(37)50(46)34-14-4-1-5-15-34/h1-30H. The molecule has 0 atom stereocenters. The molecule has 8 aromatic carbocycles. The molecule has 4 heteroatoms. The van der Waals surface area contributed by atoms with E-state index in [4.69, 9.17) is 0 Å². The lowest BCUT2D eigenvalue weighted by atomic mass is 9.99. The summed E-state index contributed by atoms with van der Waals surface area (Å²) < 4.78 is 21.5. The van der Waals surface area contributed by atoms with Crippen molar-refractivity contribution in [3.05, 3.63) is 188 Å². The third-order valence-electron chi connectivity index (χ3n) is 10.6. The first-order valence-electron chi connectivity index (χ1n) is 17.6. The van der Waals surface area contributed by atoms with Crippen LogP contribution in [0, 0.1) is 5.82 Å². The maximum Gasteiger partial charge on any atom is 0.123 e. The van der Waals surface area contributed by atoms with Gasteiger partial charge in [-0.15, -0.1) is 0 Å². The van der Waals surface area contributed by atoms with Crippen molar-refractivity contribution in [1.29, 1.82) is 0 Å². The fraction of sp³-hybridized carbons (Fsp3) is 0. The Hall–Kier alpha value is -6.91. The Morgan fingerprint density at radius 1 is 0.308 bits per heavy atom. The van der Waals surface area contributed by atoms with E-state index in [0.717, 1.165) is 61.2 Å². The fourth-order valence-corrected chi connectivity index (χ4v) is 8.56. The highest BCUT2D eigenvalue weighted by atomic mass is 19.1. The van der Waals surface area contributed by atoms with Crippen molar-refractivity contribution in [2.24, 2.45) is 0 Å². The zero-order valence-corrected chi connectivity index (χ0v) is 28.0. The Balaban J connectivity index is 1.50. The van der Waals surface area contributed by atoms with E-state index >= 15 is 0 Å². The molecule has 11 rings (SSSR count). The van der Waals surface area contributed by atoms with E-state index in [9.17, 15) is 4.39 Å². The topological polar surface area (TPSA) is 14.8 Å². The summed E-state index contributed by atoms with van der Waals surface area (Å²) in [6, 6.07) is 63.3. The third kappa shape index (κ3) is 4.00. The summed E-state index contributed by atoms with van der Waals surface area (Å²) in [6.45, 7) is 0. The molecule has 11 aromatic rings. The Labute approximate surface area is 298 Å². The number of nitrogens with zero attached hydrogens (tertiary/aromatic N) is 3. The molecule has 0 N–H and O–H groups in total. The minimum Gasteiger partial charge on any atom is -0.308 e. The number of aromatic nitrogens is 3. The van der Waals surface area contributed by atoms with Crippen LogP contribution in [0.3, 0.4) is 0 Å². The molecule has 0 fully saturated rings. The van der Waals surface area contributed by atoms with E-state index in [1.54, 1.807) is 12.1 Å². The molecule has 0 radical (unpaired) electrons. The highest BCUT2D eigenvalue weighted by molar-refractivity contribution is 6.40. The highest BCUT2D eigenvalue weighted by Gasteiger charge is 2.28. The van der Waals surface area contributed by atoms with Gasteiger partial charge in [0.25, 0.3) is 0 Å². The van der Waals surface area contributed by atoms with Crippen molar-refractivity contribution >= 4 is 65.4 Å². The monoisotopic (exact) mass is 667 g/mol. The third-order valence-corrected chi connectivity index (χ3v) is 10.6. The van der Waals surface area contributed by atoms with E-state index in [2.05, 4.69) is 171 Å². The van der Waals surface area contributed by atoms with Crippen molar-refractivity contribution in [2.75, 3.05) is 0 Å². The lowest BCUT2D eigenvalue weighted by Gasteiger charge is -2.13. The molecule has 244 valence electrons. The second kappa shape index (κ2) is 11.0. The van der Waals surface area contributed by atoms with Gasteiger partial charge >= 0.3 is 0 Å². The second-order valence-electron chi connectivity index (χ2n) is 13.5. The summed E-state index contributed by atoms with van der Waals surface area (Å²) in [7, 11) is 0. The number of benzene rings is 8. The van der Waals surface area contributed by atoms with Gasteiger partial charge in [-0.3, -0.25) is 0 Å². The molecule has 0 saturated carbocycles. The van der Waals surface area contributed by atoms with E-state index in [1.165, 1.54) is 32.4 Å². The first-order valence-corrected chi connectivity index (χ1v) is 17.6. The average Bonchev–Trinajstić information content (AvgIpc) is 3.85. The molecule has 0 spiro atoms. The molecule has 0 amide bonds. The summed E-state index contributed by atoms with van der Waals surface area (Å²) in [5, 5.41) is 7.14. The quantitative estimate of drug-likeness (QED) is 0.177. The van der Waals surface area contributed by atoms with Crippen molar-refractivity contribution in [3.8, 4) is 28.2 Å². The largest absolute Gasteiger partial charge is 0.308 e. The van der Waals surface area contributed by atoms with Gasteiger partial charge in [0.05, 0.1) is 33.1 Å².